The monoisotopic (exact) mass is 443 g/mol. The molecule has 0 aliphatic rings. The largest absolute Gasteiger partial charge is 0.465 e. The van der Waals surface area contributed by atoms with Crippen molar-refractivity contribution in [3.05, 3.63) is 75.4 Å². The molecule has 0 amide bonds. The van der Waals surface area contributed by atoms with Crippen molar-refractivity contribution in [1.29, 1.82) is 0 Å². The molecule has 0 saturated heterocycles. The van der Waals surface area contributed by atoms with Crippen molar-refractivity contribution in [1.82, 2.24) is 9.78 Å². The number of rotatable bonds is 5. The second kappa shape index (κ2) is 7.81. The van der Waals surface area contributed by atoms with E-state index in [1.165, 1.54) is 11.3 Å². The molecule has 0 radical (unpaired) electrons. The summed E-state index contributed by atoms with van der Waals surface area (Å²) in [5, 5.41) is 15.2. The molecule has 0 aliphatic heterocycles. The molecule has 1 heterocycles. The van der Waals surface area contributed by atoms with Crippen LogP contribution < -0.4 is 4.67 Å². The fourth-order valence-corrected chi connectivity index (χ4v) is 3.85. The van der Waals surface area contributed by atoms with E-state index in [1.807, 2.05) is 0 Å². The molecule has 1 unspecified atom stereocenters. The first-order chi connectivity index (χ1) is 13.6. The SMILES string of the molecule is C[P+](=O)N(c1ccccc1)c1c([N+](=O)[O-])cnn1-c1ccc(C(F)(F)F)cc1Cl. The van der Waals surface area contributed by atoms with E-state index >= 15 is 0 Å². The Balaban J connectivity index is 2.25. The van der Waals surface area contributed by atoms with Crippen molar-refractivity contribution in [3.8, 4) is 5.69 Å². The standard InChI is InChI=1S/C17H12ClF3N4O3P/c1-29(28)24(12-5-3-2-4-6-12)16-15(25(26)27)10-22-23(16)14-8-7-11(9-13(14)18)17(19,20)21/h2-10H,1H3/q+1. The number of para-hydroxylation sites is 1. The zero-order valence-corrected chi connectivity index (χ0v) is 16.3. The molecule has 0 saturated carbocycles. The zero-order chi connectivity index (χ0) is 21.3. The van der Waals surface area contributed by atoms with Crippen molar-refractivity contribution in [2.45, 2.75) is 6.18 Å². The second-order valence-electron chi connectivity index (χ2n) is 5.80. The summed E-state index contributed by atoms with van der Waals surface area (Å²) in [7, 11) is -2.18. The lowest BCUT2D eigenvalue weighted by molar-refractivity contribution is -0.384. The van der Waals surface area contributed by atoms with Crippen molar-refractivity contribution >= 4 is 36.7 Å². The third kappa shape index (κ3) is 4.08. The van der Waals surface area contributed by atoms with E-state index < -0.39 is 30.3 Å². The molecule has 2 aromatic carbocycles. The van der Waals surface area contributed by atoms with E-state index in [2.05, 4.69) is 5.10 Å². The van der Waals surface area contributed by atoms with Gasteiger partial charge in [0.2, 0.25) is 0 Å². The lowest BCUT2D eigenvalue weighted by Crippen LogP contribution is -2.14. The van der Waals surface area contributed by atoms with Crippen LogP contribution in [0.1, 0.15) is 5.56 Å². The fraction of sp³-hybridized carbons (Fsp3) is 0.118. The number of halogens is 4. The maximum absolute atomic E-state index is 12.9. The van der Waals surface area contributed by atoms with Crippen LogP contribution in [-0.2, 0) is 10.7 Å². The van der Waals surface area contributed by atoms with Gasteiger partial charge in [-0.05, 0) is 34.9 Å². The highest BCUT2D eigenvalue weighted by Crippen LogP contribution is 2.45. The van der Waals surface area contributed by atoms with Gasteiger partial charge in [-0.1, -0.05) is 29.8 Å². The Hall–Kier alpha value is -2.97. The fourth-order valence-electron chi connectivity index (χ4n) is 2.68. The van der Waals surface area contributed by atoms with Gasteiger partial charge in [0.25, 0.3) is 5.82 Å². The minimum atomic E-state index is -4.61. The summed E-state index contributed by atoms with van der Waals surface area (Å²) in [5.74, 6) is -0.188. The van der Waals surface area contributed by atoms with Gasteiger partial charge in [-0.3, -0.25) is 10.1 Å². The van der Waals surface area contributed by atoms with Crippen molar-refractivity contribution < 1.29 is 22.7 Å². The molecular weight excluding hydrogens is 432 g/mol. The maximum atomic E-state index is 12.9. The molecule has 0 aliphatic carbocycles. The van der Waals surface area contributed by atoms with Crippen LogP contribution in [0.2, 0.25) is 5.02 Å². The number of benzene rings is 2. The molecule has 29 heavy (non-hydrogen) atoms. The highest BCUT2D eigenvalue weighted by atomic mass is 35.5. The van der Waals surface area contributed by atoms with E-state index in [0.717, 1.165) is 23.0 Å². The van der Waals surface area contributed by atoms with Crippen LogP contribution in [0.15, 0.2) is 54.7 Å². The second-order valence-corrected chi connectivity index (χ2v) is 7.53. The number of aromatic nitrogens is 2. The number of nitro groups is 1. The average Bonchev–Trinajstić information content (AvgIpc) is 3.06. The van der Waals surface area contributed by atoms with E-state index in [-0.39, 0.29) is 16.5 Å². The van der Waals surface area contributed by atoms with Crippen molar-refractivity contribution in [3.63, 3.8) is 0 Å². The lowest BCUT2D eigenvalue weighted by Gasteiger charge is -2.15. The van der Waals surface area contributed by atoms with Gasteiger partial charge in [-0.15, -0.1) is 4.67 Å². The predicted octanol–water partition coefficient (Wildman–Crippen LogP) is 5.96. The summed E-state index contributed by atoms with van der Waals surface area (Å²) in [6.07, 6.45) is -3.68. The van der Waals surface area contributed by atoms with Gasteiger partial charge < -0.3 is 0 Å². The highest BCUT2D eigenvalue weighted by molar-refractivity contribution is 7.46. The molecule has 3 aromatic rings. The molecule has 3 rings (SSSR count). The third-order valence-electron chi connectivity index (χ3n) is 3.91. The summed E-state index contributed by atoms with van der Waals surface area (Å²) in [6, 6.07) is 10.7. The normalized spacial score (nSPS) is 12.0. The van der Waals surface area contributed by atoms with E-state index in [9.17, 15) is 27.9 Å². The van der Waals surface area contributed by atoms with E-state index in [4.69, 9.17) is 11.6 Å². The number of hydrogen-bond acceptors (Lipinski definition) is 4. The number of anilines is 2. The van der Waals surface area contributed by atoms with Gasteiger partial charge in [-0.25, -0.2) is 4.68 Å². The summed E-state index contributed by atoms with van der Waals surface area (Å²) < 4.78 is 53.5. The Morgan fingerprint density at radius 1 is 1.21 bits per heavy atom. The Labute approximate surface area is 168 Å². The lowest BCUT2D eigenvalue weighted by atomic mass is 10.2. The molecular formula is C17H12ClF3N4O3P+. The van der Waals surface area contributed by atoms with Gasteiger partial charge >= 0.3 is 19.8 Å². The first-order valence-corrected chi connectivity index (χ1v) is 10.0. The van der Waals surface area contributed by atoms with Gasteiger partial charge in [0.1, 0.15) is 6.20 Å². The van der Waals surface area contributed by atoms with E-state index in [1.54, 1.807) is 30.3 Å². The first kappa shape index (κ1) is 20.8. The van der Waals surface area contributed by atoms with Crippen LogP contribution in [0.4, 0.5) is 30.4 Å². The van der Waals surface area contributed by atoms with Crippen LogP contribution >= 0.6 is 19.6 Å². The molecule has 0 N–H and O–H groups in total. The Morgan fingerprint density at radius 3 is 2.38 bits per heavy atom. The molecule has 7 nitrogen and oxygen atoms in total. The average molecular weight is 444 g/mol. The van der Waals surface area contributed by atoms with Crippen molar-refractivity contribution in [2.75, 3.05) is 11.3 Å². The van der Waals surface area contributed by atoms with Gasteiger partial charge in [-0.2, -0.15) is 18.3 Å². The summed E-state index contributed by atoms with van der Waals surface area (Å²) in [4.78, 5) is 10.8. The summed E-state index contributed by atoms with van der Waals surface area (Å²) in [5.41, 5.74) is -1.10. The number of alkyl halides is 3. The Kier molecular flexibility index (Phi) is 5.59. The minimum Gasteiger partial charge on any atom is -0.258 e. The van der Waals surface area contributed by atoms with Gasteiger partial charge in [0.05, 0.1) is 26.9 Å². The van der Waals surface area contributed by atoms with Crippen LogP contribution in [0.25, 0.3) is 5.69 Å². The van der Waals surface area contributed by atoms with Gasteiger partial charge in [0.15, 0.2) is 6.66 Å². The molecule has 150 valence electrons. The first-order valence-electron chi connectivity index (χ1n) is 7.96. The molecule has 0 fully saturated rings. The topological polar surface area (TPSA) is 81.3 Å². The zero-order valence-electron chi connectivity index (χ0n) is 14.7. The number of nitrogens with zero attached hydrogens (tertiary/aromatic N) is 4. The predicted molar refractivity (Wildman–Crippen MR) is 102 cm³/mol. The smallest absolute Gasteiger partial charge is 0.258 e. The van der Waals surface area contributed by atoms with Crippen LogP contribution in [0, 0.1) is 10.1 Å². The Morgan fingerprint density at radius 2 is 1.86 bits per heavy atom. The maximum Gasteiger partial charge on any atom is 0.465 e. The molecule has 0 bridgehead atoms. The minimum absolute atomic E-state index is 0.0273. The summed E-state index contributed by atoms with van der Waals surface area (Å²) >= 11 is 6.04. The number of hydrogen-bond donors (Lipinski definition) is 0. The van der Waals surface area contributed by atoms with Crippen molar-refractivity contribution in [2.24, 2.45) is 0 Å². The third-order valence-corrected chi connectivity index (χ3v) is 5.19. The van der Waals surface area contributed by atoms with Crippen LogP contribution in [-0.4, -0.2) is 21.4 Å². The Bertz CT molecular complexity index is 1090. The molecule has 1 aromatic heterocycles. The van der Waals surface area contributed by atoms with Gasteiger partial charge in [0, 0.05) is 0 Å². The van der Waals surface area contributed by atoms with Crippen LogP contribution in [0.5, 0.6) is 0 Å². The highest BCUT2D eigenvalue weighted by Gasteiger charge is 2.38. The van der Waals surface area contributed by atoms with E-state index in [0.29, 0.717) is 11.8 Å². The van der Waals surface area contributed by atoms with Crippen LogP contribution in [0.3, 0.4) is 0 Å². The molecule has 12 heteroatoms. The molecule has 0 spiro atoms. The quantitative estimate of drug-likeness (QED) is 0.276. The summed E-state index contributed by atoms with van der Waals surface area (Å²) in [6.45, 7) is 1.34. The molecule has 1 atom stereocenters.